The van der Waals surface area contributed by atoms with E-state index in [9.17, 15) is 4.39 Å². The van der Waals surface area contributed by atoms with Gasteiger partial charge in [-0.15, -0.1) is 0 Å². The Balaban J connectivity index is 1.72. The summed E-state index contributed by atoms with van der Waals surface area (Å²) in [6.07, 6.45) is 3.70. The van der Waals surface area contributed by atoms with E-state index in [1.165, 1.54) is 25.3 Å². The Hall–Kier alpha value is -0.970. The molecule has 1 aliphatic heterocycles. The third-order valence-electron chi connectivity index (χ3n) is 4.82. The fourth-order valence-corrected chi connectivity index (χ4v) is 3.47. The fourth-order valence-electron chi connectivity index (χ4n) is 3.47. The quantitative estimate of drug-likeness (QED) is 0.872. The van der Waals surface area contributed by atoms with Crippen LogP contribution in [0.1, 0.15) is 30.4 Å². The highest BCUT2D eigenvalue weighted by molar-refractivity contribution is 5.25. The normalized spacial score (nSPS) is 25.7. The summed E-state index contributed by atoms with van der Waals surface area (Å²) in [6.45, 7) is 2.38. The number of likely N-dealkylation sites (tertiary alicyclic amines) is 1. The number of nitrogens with zero attached hydrogens (tertiary/aromatic N) is 1. The molecule has 2 aliphatic rings. The molecule has 104 valence electrons. The summed E-state index contributed by atoms with van der Waals surface area (Å²) in [5, 5.41) is 9.13. The van der Waals surface area contributed by atoms with Gasteiger partial charge in [-0.1, -0.05) is 12.5 Å². The molecule has 1 aromatic rings. The van der Waals surface area contributed by atoms with Gasteiger partial charge in [-0.05, 0) is 36.0 Å². The van der Waals surface area contributed by atoms with E-state index in [1.54, 1.807) is 12.1 Å². The number of hydrogen-bond acceptors (Lipinski definition) is 3. The number of hydrogen-bond donors (Lipinski definition) is 2. The minimum atomic E-state index is -0.194. The van der Waals surface area contributed by atoms with Crippen LogP contribution in [0, 0.1) is 11.2 Å². The van der Waals surface area contributed by atoms with Gasteiger partial charge in [0.15, 0.2) is 0 Å². The zero-order valence-corrected chi connectivity index (χ0v) is 11.1. The van der Waals surface area contributed by atoms with Gasteiger partial charge >= 0.3 is 0 Å². The maximum Gasteiger partial charge on any atom is 0.127 e. The zero-order valence-electron chi connectivity index (χ0n) is 11.1. The molecule has 0 aromatic heterocycles. The molecule has 1 saturated carbocycles. The molecule has 19 heavy (non-hydrogen) atoms. The van der Waals surface area contributed by atoms with Crippen molar-refractivity contribution in [1.82, 2.24) is 4.90 Å². The highest BCUT2D eigenvalue weighted by atomic mass is 19.1. The van der Waals surface area contributed by atoms with Gasteiger partial charge in [-0.25, -0.2) is 4.39 Å². The Morgan fingerprint density at radius 3 is 2.79 bits per heavy atom. The first-order valence-corrected chi connectivity index (χ1v) is 6.99. The van der Waals surface area contributed by atoms with Gasteiger partial charge < -0.3 is 10.8 Å². The van der Waals surface area contributed by atoms with Gasteiger partial charge in [-0.3, -0.25) is 4.90 Å². The second-order valence-electron chi connectivity index (χ2n) is 6.08. The van der Waals surface area contributed by atoms with E-state index in [0.29, 0.717) is 17.5 Å². The first-order valence-electron chi connectivity index (χ1n) is 6.99. The first-order chi connectivity index (χ1) is 9.13. The van der Waals surface area contributed by atoms with Crippen LogP contribution in [0.25, 0.3) is 0 Å². The lowest BCUT2D eigenvalue weighted by Crippen LogP contribution is -2.45. The molecule has 2 fully saturated rings. The topological polar surface area (TPSA) is 49.5 Å². The monoisotopic (exact) mass is 264 g/mol. The Bertz CT molecular complexity index is 473. The van der Waals surface area contributed by atoms with Crippen LogP contribution in [-0.2, 0) is 13.2 Å². The molecule has 0 amide bonds. The Kier molecular flexibility index (Phi) is 3.33. The van der Waals surface area contributed by atoms with Crippen molar-refractivity contribution in [2.75, 3.05) is 13.1 Å². The maximum absolute atomic E-state index is 13.8. The van der Waals surface area contributed by atoms with Crippen LogP contribution in [0.4, 0.5) is 4.39 Å². The van der Waals surface area contributed by atoms with E-state index in [-0.39, 0.29) is 18.5 Å². The van der Waals surface area contributed by atoms with E-state index < -0.39 is 0 Å². The number of halogens is 1. The maximum atomic E-state index is 13.8. The summed E-state index contributed by atoms with van der Waals surface area (Å²) < 4.78 is 13.8. The van der Waals surface area contributed by atoms with E-state index in [0.717, 1.165) is 18.7 Å². The first kappa shape index (κ1) is 13.0. The van der Waals surface area contributed by atoms with Crippen LogP contribution in [0.5, 0.6) is 0 Å². The smallest absolute Gasteiger partial charge is 0.127 e. The Morgan fingerprint density at radius 2 is 2.21 bits per heavy atom. The van der Waals surface area contributed by atoms with Crippen molar-refractivity contribution >= 4 is 0 Å². The van der Waals surface area contributed by atoms with Gasteiger partial charge in [-0.2, -0.15) is 0 Å². The lowest BCUT2D eigenvalue weighted by Gasteiger charge is -2.41. The summed E-state index contributed by atoms with van der Waals surface area (Å²) in [5.41, 5.74) is 7.96. The summed E-state index contributed by atoms with van der Waals surface area (Å²) >= 11 is 0. The van der Waals surface area contributed by atoms with Crippen molar-refractivity contribution < 1.29 is 9.50 Å². The molecule has 1 atom stereocenters. The molecule has 3 N–H and O–H groups in total. The SMILES string of the molecule is NC1CN(Cc2cc(CO)ccc2F)CC12CCC2. The second-order valence-corrected chi connectivity index (χ2v) is 6.08. The number of aliphatic hydroxyl groups is 1. The average molecular weight is 264 g/mol. The van der Waals surface area contributed by atoms with E-state index in [1.807, 2.05) is 0 Å². The third kappa shape index (κ3) is 2.29. The van der Waals surface area contributed by atoms with Crippen molar-refractivity contribution in [3.63, 3.8) is 0 Å². The summed E-state index contributed by atoms with van der Waals surface area (Å²) in [5.74, 6) is -0.194. The molecule has 1 spiro atoms. The molecule has 0 radical (unpaired) electrons. The largest absolute Gasteiger partial charge is 0.392 e. The van der Waals surface area contributed by atoms with Crippen LogP contribution in [0.15, 0.2) is 18.2 Å². The molecule has 3 rings (SSSR count). The second kappa shape index (κ2) is 4.85. The minimum Gasteiger partial charge on any atom is -0.392 e. The lowest BCUT2D eigenvalue weighted by atomic mass is 9.66. The van der Waals surface area contributed by atoms with Gasteiger partial charge in [0.1, 0.15) is 5.82 Å². The lowest BCUT2D eigenvalue weighted by molar-refractivity contribution is 0.121. The van der Waals surface area contributed by atoms with Gasteiger partial charge in [0, 0.05) is 31.2 Å². The molecular weight excluding hydrogens is 243 g/mol. The van der Waals surface area contributed by atoms with Crippen molar-refractivity contribution in [3.8, 4) is 0 Å². The van der Waals surface area contributed by atoms with E-state index >= 15 is 0 Å². The average Bonchev–Trinajstić information content (AvgIpc) is 2.69. The van der Waals surface area contributed by atoms with E-state index in [4.69, 9.17) is 10.8 Å². The number of rotatable bonds is 3. The molecular formula is C15H21FN2O. The van der Waals surface area contributed by atoms with Crippen LogP contribution in [-0.4, -0.2) is 29.1 Å². The third-order valence-corrected chi connectivity index (χ3v) is 4.82. The highest BCUT2D eigenvalue weighted by Crippen LogP contribution is 2.47. The van der Waals surface area contributed by atoms with Crippen molar-refractivity contribution in [2.45, 2.75) is 38.5 Å². The molecule has 1 heterocycles. The predicted molar refractivity (Wildman–Crippen MR) is 71.9 cm³/mol. The number of nitrogens with two attached hydrogens (primary N) is 1. The zero-order chi connectivity index (χ0) is 13.5. The molecule has 1 saturated heterocycles. The molecule has 1 aliphatic carbocycles. The minimum absolute atomic E-state index is 0.0449. The highest BCUT2D eigenvalue weighted by Gasteiger charge is 2.48. The van der Waals surface area contributed by atoms with Crippen LogP contribution < -0.4 is 5.73 Å². The fraction of sp³-hybridized carbons (Fsp3) is 0.600. The van der Waals surface area contributed by atoms with E-state index in [2.05, 4.69) is 4.90 Å². The Morgan fingerprint density at radius 1 is 1.42 bits per heavy atom. The van der Waals surface area contributed by atoms with Gasteiger partial charge in [0.05, 0.1) is 6.61 Å². The standard InChI is InChI=1S/C15H21FN2O/c16-13-3-2-11(9-19)6-12(13)7-18-8-14(17)15(10-18)4-1-5-15/h2-3,6,14,19H,1,4-5,7-10,17H2. The van der Waals surface area contributed by atoms with Crippen LogP contribution >= 0.6 is 0 Å². The molecule has 1 aromatic carbocycles. The van der Waals surface area contributed by atoms with Crippen molar-refractivity contribution in [2.24, 2.45) is 11.1 Å². The number of aliphatic hydroxyl groups excluding tert-OH is 1. The molecule has 1 unspecified atom stereocenters. The van der Waals surface area contributed by atoms with Gasteiger partial charge in [0.2, 0.25) is 0 Å². The summed E-state index contributed by atoms with van der Waals surface area (Å²) in [7, 11) is 0. The molecule has 3 nitrogen and oxygen atoms in total. The Labute approximate surface area is 113 Å². The van der Waals surface area contributed by atoms with Crippen molar-refractivity contribution in [1.29, 1.82) is 0 Å². The predicted octanol–water partition coefficient (Wildman–Crippen LogP) is 1.63. The van der Waals surface area contributed by atoms with Crippen LogP contribution in [0.3, 0.4) is 0 Å². The molecule has 4 heteroatoms. The van der Waals surface area contributed by atoms with Crippen molar-refractivity contribution in [3.05, 3.63) is 35.1 Å². The van der Waals surface area contributed by atoms with Crippen LogP contribution in [0.2, 0.25) is 0 Å². The number of benzene rings is 1. The molecule has 0 bridgehead atoms. The summed E-state index contributed by atoms with van der Waals surface area (Å²) in [6, 6.07) is 5.05. The summed E-state index contributed by atoms with van der Waals surface area (Å²) in [4.78, 5) is 2.25. The van der Waals surface area contributed by atoms with Gasteiger partial charge in [0.25, 0.3) is 0 Å².